The van der Waals surface area contributed by atoms with Crippen molar-refractivity contribution in [1.82, 2.24) is 0 Å². The number of ether oxygens (including phenoxy) is 6. The predicted molar refractivity (Wildman–Crippen MR) is 99.0 cm³/mol. The Bertz CT molecular complexity index is 762. The Kier molecular flexibility index (Phi) is 8.16. The Labute approximate surface area is 173 Å². The highest BCUT2D eigenvalue weighted by Crippen LogP contribution is 2.30. The Balaban J connectivity index is 2.42. The van der Waals surface area contributed by atoms with Gasteiger partial charge in [-0.25, -0.2) is 0 Å². The number of para-hydroxylation sites is 1. The maximum Gasteiger partial charge on any atom is 0.303 e. The molecule has 0 N–H and O–H groups in total. The molecule has 0 aromatic heterocycles. The maximum absolute atomic E-state index is 11.7. The van der Waals surface area contributed by atoms with Gasteiger partial charge in [-0.2, -0.15) is 0 Å². The van der Waals surface area contributed by atoms with E-state index in [2.05, 4.69) is 0 Å². The molecule has 1 aromatic carbocycles. The van der Waals surface area contributed by atoms with E-state index in [1.54, 1.807) is 30.3 Å². The van der Waals surface area contributed by atoms with Crippen LogP contribution in [0.25, 0.3) is 0 Å². The van der Waals surface area contributed by atoms with E-state index in [0.717, 1.165) is 20.8 Å². The minimum Gasteiger partial charge on any atom is -0.463 e. The first-order valence-corrected chi connectivity index (χ1v) is 9.19. The second kappa shape index (κ2) is 10.6. The largest absolute Gasteiger partial charge is 0.463 e. The molecule has 30 heavy (non-hydrogen) atoms. The van der Waals surface area contributed by atoms with E-state index in [9.17, 15) is 19.2 Å². The van der Waals surface area contributed by atoms with Crippen LogP contribution >= 0.6 is 0 Å². The standard InChI is InChI=1S/C20H24O10/c1-11(21)25-10-16-17(26-12(2)22)18(27-13(3)23)19(28-14(4)24)20(30-16)29-15-8-6-5-7-9-15/h5-9,16-20H,10H2,1-4H3/t16-,17-,18+,19-,20-/m0/s1. The van der Waals surface area contributed by atoms with Gasteiger partial charge in [0.25, 0.3) is 0 Å². The van der Waals surface area contributed by atoms with Crippen LogP contribution in [0, 0.1) is 0 Å². The van der Waals surface area contributed by atoms with Crippen molar-refractivity contribution >= 4 is 23.9 Å². The van der Waals surface area contributed by atoms with Crippen LogP contribution in [0.1, 0.15) is 27.7 Å². The quantitative estimate of drug-likeness (QED) is 0.465. The van der Waals surface area contributed by atoms with Gasteiger partial charge in [0, 0.05) is 27.7 Å². The average molecular weight is 424 g/mol. The normalized spacial score (nSPS) is 25.5. The zero-order chi connectivity index (χ0) is 22.3. The van der Waals surface area contributed by atoms with Crippen molar-refractivity contribution in [3.8, 4) is 5.75 Å². The van der Waals surface area contributed by atoms with Crippen LogP contribution < -0.4 is 4.74 Å². The lowest BCUT2D eigenvalue weighted by atomic mass is 9.98. The Hall–Kier alpha value is -3.14. The molecule has 10 nitrogen and oxygen atoms in total. The van der Waals surface area contributed by atoms with Gasteiger partial charge in [-0.3, -0.25) is 19.2 Å². The minimum absolute atomic E-state index is 0.313. The summed E-state index contributed by atoms with van der Waals surface area (Å²) in [6.45, 7) is 4.36. The van der Waals surface area contributed by atoms with Crippen LogP contribution in [0.4, 0.5) is 0 Å². The molecule has 1 saturated heterocycles. The molecule has 1 heterocycles. The van der Waals surface area contributed by atoms with Crippen molar-refractivity contribution in [3.05, 3.63) is 30.3 Å². The van der Waals surface area contributed by atoms with E-state index in [-0.39, 0.29) is 6.61 Å². The average Bonchev–Trinajstić information content (AvgIpc) is 2.64. The lowest BCUT2D eigenvalue weighted by molar-refractivity contribution is -0.288. The van der Waals surface area contributed by atoms with Crippen molar-refractivity contribution in [1.29, 1.82) is 0 Å². The molecule has 0 spiro atoms. The highest BCUT2D eigenvalue weighted by atomic mass is 16.7. The molecule has 1 aromatic rings. The van der Waals surface area contributed by atoms with Crippen LogP contribution in [0.5, 0.6) is 5.75 Å². The van der Waals surface area contributed by atoms with Gasteiger partial charge < -0.3 is 28.4 Å². The summed E-state index contributed by atoms with van der Waals surface area (Å²) < 4.78 is 32.6. The summed E-state index contributed by atoms with van der Waals surface area (Å²) in [5.41, 5.74) is 0. The molecule has 0 saturated carbocycles. The van der Waals surface area contributed by atoms with Crippen LogP contribution in [-0.2, 0) is 42.9 Å². The van der Waals surface area contributed by atoms with E-state index in [1.165, 1.54) is 6.92 Å². The van der Waals surface area contributed by atoms with E-state index in [0.29, 0.717) is 5.75 Å². The summed E-state index contributed by atoms with van der Waals surface area (Å²) in [6, 6.07) is 8.52. The second-order valence-corrected chi connectivity index (χ2v) is 6.50. The molecule has 1 aliphatic rings. The number of hydrogen-bond acceptors (Lipinski definition) is 10. The van der Waals surface area contributed by atoms with Crippen LogP contribution in [0.15, 0.2) is 30.3 Å². The fourth-order valence-corrected chi connectivity index (χ4v) is 2.92. The number of carbonyl (C=O) groups is 4. The van der Waals surface area contributed by atoms with Gasteiger partial charge >= 0.3 is 23.9 Å². The van der Waals surface area contributed by atoms with Crippen LogP contribution in [-0.4, -0.2) is 61.2 Å². The first-order valence-electron chi connectivity index (χ1n) is 9.19. The Morgan fingerprint density at radius 3 is 1.83 bits per heavy atom. The molecule has 5 atom stereocenters. The topological polar surface area (TPSA) is 124 Å². The number of benzene rings is 1. The van der Waals surface area contributed by atoms with Gasteiger partial charge in [0.2, 0.25) is 12.4 Å². The van der Waals surface area contributed by atoms with E-state index >= 15 is 0 Å². The van der Waals surface area contributed by atoms with Gasteiger partial charge in [-0.15, -0.1) is 0 Å². The second-order valence-electron chi connectivity index (χ2n) is 6.50. The summed E-state index contributed by atoms with van der Waals surface area (Å²) in [5, 5.41) is 0. The highest BCUT2D eigenvalue weighted by molar-refractivity contribution is 5.68. The third kappa shape index (κ3) is 6.73. The Morgan fingerprint density at radius 2 is 1.30 bits per heavy atom. The smallest absolute Gasteiger partial charge is 0.303 e. The van der Waals surface area contributed by atoms with Crippen molar-refractivity contribution in [2.75, 3.05) is 6.61 Å². The SMILES string of the molecule is CC(=O)OC[C@@H]1O[C@H](Oc2ccccc2)[C@@H](OC(C)=O)[C@H](OC(C)=O)[C@H]1OC(C)=O. The maximum atomic E-state index is 11.7. The van der Waals surface area contributed by atoms with Gasteiger partial charge in [0.15, 0.2) is 12.2 Å². The molecule has 0 radical (unpaired) electrons. The zero-order valence-corrected chi connectivity index (χ0v) is 17.1. The summed E-state index contributed by atoms with van der Waals surface area (Å²) in [6.07, 6.45) is -6.04. The number of carbonyl (C=O) groups excluding carboxylic acids is 4. The van der Waals surface area contributed by atoms with Crippen molar-refractivity contribution < 1.29 is 47.6 Å². The Morgan fingerprint density at radius 1 is 0.767 bits per heavy atom. The summed E-state index contributed by atoms with van der Waals surface area (Å²) >= 11 is 0. The molecular weight excluding hydrogens is 400 g/mol. The van der Waals surface area contributed by atoms with E-state index in [1.807, 2.05) is 0 Å². The molecular formula is C20H24O10. The third-order valence-electron chi connectivity index (χ3n) is 3.94. The summed E-state index contributed by atoms with van der Waals surface area (Å²) in [7, 11) is 0. The van der Waals surface area contributed by atoms with Crippen molar-refractivity contribution in [2.24, 2.45) is 0 Å². The molecule has 0 bridgehead atoms. The first kappa shape index (κ1) is 23.1. The molecule has 1 fully saturated rings. The summed E-state index contributed by atoms with van der Waals surface area (Å²) in [5.74, 6) is -2.30. The third-order valence-corrected chi connectivity index (χ3v) is 3.94. The van der Waals surface area contributed by atoms with Crippen LogP contribution in [0.2, 0.25) is 0 Å². The summed E-state index contributed by atoms with van der Waals surface area (Å²) in [4.78, 5) is 46.4. The number of rotatable bonds is 7. The van der Waals surface area contributed by atoms with Gasteiger partial charge in [0.05, 0.1) is 0 Å². The fraction of sp³-hybridized carbons (Fsp3) is 0.500. The fourth-order valence-electron chi connectivity index (χ4n) is 2.92. The molecule has 164 valence electrons. The van der Waals surface area contributed by atoms with Gasteiger partial charge in [-0.05, 0) is 12.1 Å². The van der Waals surface area contributed by atoms with E-state index < -0.39 is 54.6 Å². The van der Waals surface area contributed by atoms with Crippen molar-refractivity contribution in [3.63, 3.8) is 0 Å². The monoisotopic (exact) mass is 424 g/mol. The lowest BCUT2D eigenvalue weighted by Gasteiger charge is -2.43. The van der Waals surface area contributed by atoms with Gasteiger partial charge in [0.1, 0.15) is 18.5 Å². The van der Waals surface area contributed by atoms with Gasteiger partial charge in [-0.1, -0.05) is 18.2 Å². The lowest BCUT2D eigenvalue weighted by Crippen LogP contribution is -2.63. The molecule has 10 heteroatoms. The highest BCUT2D eigenvalue weighted by Gasteiger charge is 2.53. The first-order chi connectivity index (χ1) is 14.2. The van der Waals surface area contributed by atoms with E-state index in [4.69, 9.17) is 28.4 Å². The van der Waals surface area contributed by atoms with Crippen molar-refractivity contribution in [2.45, 2.75) is 58.4 Å². The molecule has 0 unspecified atom stereocenters. The van der Waals surface area contributed by atoms with Crippen LogP contribution in [0.3, 0.4) is 0 Å². The molecule has 0 aliphatic carbocycles. The predicted octanol–water partition coefficient (Wildman–Crippen LogP) is 1.15. The molecule has 0 amide bonds. The molecule has 1 aliphatic heterocycles. The number of hydrogen-bond donors (Lipinski definition) is 0. The zero-order valence-electron chi connectivity index (χ0n) is 17.1. The minimum atomic E-state index is -1.27. The molecule has 2 rings (SSSR count). The number of esters is 4.